The summed E-state index contributed by atoms with van der Waals surface area (Å²) in [6.07, 6.45) is -1.70. The first-order valence-corrected chi connectivity index (χ1v) is 11.5. The zero-order valence-corrected chi connectivity index (χ0v) is 19.1. The smallest absolute Gasteiger partial charge is 0.340 e. The lowest BCUT2D eigenvalue weighted by Crippen LogP contribution is -2.48. The number of amides is 2. The van der Waals surface area contributed by atoms with E-state index in [1.54, 1.807) is 24.3 Å². The van der Waals surface area contributed by atoms with Gasteiger partial charge in [0.15, 0.2) is 5.65 Å². The summed E-state index contributed by atoms with van der Waals surface area (Å²) in [5.41, 5.74) is -0.713. The van der Waals surface area contributed by atoms with Gasteiger partial charge in [-0.2, -0.15) is 13.2 Å². The van der Waals surface area contributed by atoms with E-state index >= 15 is 0 Å². The zero-order valence-electron chi connectivity index (χ0n) is 18.3. The Morgan fingerprint density at radius 1 is 1.14 bits per heavy atom. The van der Waals surface area contributed by atoms with Crippen LogP contribution in [0, 0.1) is 5.92 Å². The van der Waals surface area contributed by atoms with Crippen molar-refractivity contribution in [1.29, 1.82) is 0 Å². The molecule has 7 nitrogen and oxygen atoms in total. The standard InChI is InChI=1S/C24H20ClF3N4O3/c25-16-4-1-2-5-17(16)32-12-15(23(35)30-21(13-7-8-13)24(26,27)28)20(34)14-9-10-18(29-22(14)32)31-11-3-6-19(31)33/h1-2,4-5,9-10,12-13,21H,3,6-8,11H2,(H,30,35). The second kappa shape index (κ2) is 8.67. The lowest BCUT2D eigenvalue weighted by atomic mass is 10.1. The van der Waals surface area contributed by atoms with E-state index in [0.29, 0.717) is 43.7 Å². The number of alkyl halides is 3. The van der Waals surface area contributed by atoms with Crippen LogP contribution in [0.1, 0.15) is 36.0 Å². The fourth-order valence-corrected chi connectivity index (χ4v) is 4.57. The van der Waals surface area contributed by atoms with E-state index in [0.717, 1.165) is 6.20 Å². The SMILES string of the molecule is O=C(NC(C1CC1)C(F)(F)F)c1cn(-c2ccccc2Cl)c2nc(N3CCCC3=O)ccc2c1=O. The van der Waals surface area contributed by atoms with Crippen LogP contribution in [0.15, 0.2) is 47.4 Å². The molecule has 0 radical (unpaired) electrons. The number of halogens is 4. The first-order valence-electron chi connectivity index (χ1n) is 11.1. The molecule has 1 saturated carbocycles. The molecule has 2 amide bonds. The van der Waals surface area contributed by atoms with Gasteiger partial charge >= 0.3 is 6.18 Å². The second-order valence-electron chi connectivity index (χ2n) is 8.71. The topological polar surface area (TPSA) is 84.3 Å². The molecule has 1 atom stereocenters. The number of carbonyl (C=O) groups is 2. The summed E-state index contributed by atoms with van der Waals surface area (Å²) < 4.78 is 41.9. The molecule has 2 aliphatic rings. The van der Waals surface area contributed by atoms with Gasteiger partial charge in [0.2, 0.25) is 11.3 Å². The van der Waals surface area contributed by atoms with Crippen LogP contribution in [0.3, 0.4) is 0 Å². The van der Waals surface area contributed by atoms with E-state index in [2.05, 4.69) is 4.98 Å². The van der Waals surface area contributed by atoms with Crippen LogP contribution in [0.5, 0.6) is 0 Å². The Morgan fingerprint density at radius 2 is 1.89 bits per heavy atom. The molecule has 1 saturated heterocycles. The Balaban J connectivity index is 1.66. The molecular weight excluding hydrogens is 485 g/mol. The van der Waals surface area contributed by atoms with Gasteiger partial charge in [-0.1, -0.05) is 23.7 Å². The van der Waals surface area contributed by atoms with E-state index in [1.807, 2.05) is 5.32 Å². The van der Waals surface area contributed by atoms with Crippen molar-refractivity contribution >= 4 is 40.3 Å². The maximum Gasteiger partial charge on any atom is 0.408 e. The molecule has 1 aliphatic carbocycles. The van der Waals surface area contributed by atoms with Crippen LogP contribution in [0.2, 0.25) is 5.02 Å². The lowest BCUT2D eigenvalue weighted by Gasteiger charge is -2.22. The van der Waals surface area contributed by atoms with Crippen LogP contribution in [0.4, 0.5) is 19.0 Å². The molecule has 1 unspecified atom stereocenters. The van der Waals surface area contributed by atoms with E-state index in [1.165, 1.54) is 21.6 Å². The number of para-hydroxylation sites is 1. The van der Waals surface area contributed by atoms with Gasteiger partial charge in [0, 0.05) is 19.2 Å². The van der Waals surface area contributed by atoms with Gasteiger partial charge in [0.05, 0.1) is 16.1 Å². The number of hydrogen-bond acceptors (Lipinski definition) is 4. The number of hydrogen-bond donors (Lipinski definition) is 1. The third kappa shape index (κ3) is 4.38. The Kier molecular flexibility index (Phi) is 5.79. The van der Waals surface area contributed by atoms with E-state index < -0.39 is 35.0 Å². The van der Waals surface area contributed by atoms with Gasteiger partial charge < -0.3 is 5.32 Å². The molecule has 3 aromatic rings. The highest BCUT2D eigenvalue weighted by Gasteiger charge is 2.49. The number of fused-ring (bicyclic) bond motifs is 1. The maximum absolute atomic E-state index is 13.5. The van der Waals surface area contributed by atoms with Crippen molar-refractivity contribution in [2.45, 2.75) is 37.9 Å². The molecular formula is C24H20ClF3N4O3. The number of rotatable bonds is 5. The third-order valence-corrected chi connectivity index (χ3v) is 6.59. The Bertz CT molecular complexity index is 1400. The minimum atomic E-state index is -4.63. The average molecular weight is 505 g/mol. The molecule has 3 heterocycles. The lowest BCUT2D eigenvalue weighted by molar-refractivity contribution is -0.158. The van der Waals surface area contributed by atoms with Gasteiger partial charge in [-0.05, 0) is 49.4 Å². The van der Waals surface area contributed by atoms with Crippen molar-refractivity contribution in [2.24, 2.45) is 5.92 Å². The normalized spacial score (nSPS) is 17.1. The van der Waals surface area contributed by atoms with Crippen LogP contribution in [0.25, 0.3) is 16.7 Å². The summed E-state index contributed by atoms with van der Waals surface area (Å²) in [5, 5.41) is 2.31. The molecule has 11 heteroatoms. The van der Waals surface area contributed by atoms with Gasteiger partial charge in [0.1, 0.15) is 17.4 Å². The Hall–Kier alpha value is -3.40. The van der Waals surface area contributed by atoms with Crippen molar-refractivity contribution < 1.29 is 22.8 Å². The van der Waals surface area contributed by atoms with Gasteiger partial charge in [0.25, 0.3) is 5.91 Å². The molecule has 5 rings (SSSR count). The highest BCUT2D eigenvalue weighted by molar-refractivity contribution is 6.32. The maximum atomic E-state index is 13.5. The first-order chi connectivity index (χ1) is 16.6. The molecule has 0 bridgehead atoms. The quantitative estimate of drug-likeness (QED) is 0.563. The third-order valence-electron chi connectivity index (χ3n) is 6.28. The molecule has 1 aliphatic heterocycles. The van der Waals surface area contributed by atoms with Crippen LogP contribution >= 0.6 is 11.6 Å². The predicted molar refractivity (Wildman–Crippen MR) is 124 cm³/mol. The summed E-state index contributed by atoms with van der Waals surface area (Å²) in [6.45, 7) is 0.480. The number of aromatic nitrogens is 2. The highest BCUT2D eigenvalue weighted by Crippen LogP contribution is 2.40. The molecule has 2 fully saturated rings. The van der Waals surface area contributed by atoms with Crippen molar-refractivity contribution in [1.82, 2.24) is 14.9 Å². The number of pyridine rings is 2. The molecule has 0 spiro atoms. The summed E-state index contributed by atoms with van der Waals surface area (Å²) in [5.74, 6) is -1.58. The number of benzene rings is 1. The Labute approximate surface area is 202 Å². The number of nitrogens with zero attached hydrogens (tertiary/aromatic N) is 3. The van der Waals surface area contributed by atoms with Crippen molar-refractivity contribution in [3.63, 3.8) is 0 Å². The summed E-state index contributed by atoms with van der Waals surface area (Å²) in [7, 11) is 0. The largest absolute Gasteiger partial charge is 0.408 e. The molecule has 35 heavy (non-hydrogen) atoms. The number of carbonyl (C=O) groups excluding carboxylic acids is 2. The predicted octanol–water partition coefficient (Wildman–Crippen LogP) is 4.24. The van der Waals surface area contributed by atoms with Gasteiger partial charge in [-0.15, -0.1) is 0 Å². The van der Waals surface area contributed by atoms with Crippen LogP contribution in [-0.2, 0) is 4.79 Å². The Morgan fingerprint density at radius 3 is 2.51 bits per heavy atom. The van der Waals surface area contributed by atoms with Crippen molar-refractivity contribution in [2.75, 3.05) is 11.4 Å². The van der Waals surface area contributed by atoms with Crippen molar-refractivity contribution in [3.05, 3.63) is 63.4 Å². The first kappa shape index (κ1) is 23.3. The monoisotopic (exact) mass is 504 g/mol. The van der Waals surface area contributed by atoms with Crippen molar-refractivity contribution in [3.8, 4) is 5.69 Å². The summed E-state index contributed by atoms with van der Waals surface area (Å²) in [6, 6.07) is 7.50. The van der Waals surface area contributed by atoms with Gasteiger partial charge in [-0.3, -0.25) is 23.9 Å². The molecule has 2 aromatic heterocycles. The van der Waals surface area contributed by atoms with Crippen LogP contribution in [-0.4, -0.2) is 40.1 Å². The minimum Gasteiger partial charge on any atom is -0.340 e. The fourth-order valence-electron chi connectivity index (χ4n) is 4.34. The number of anilines is 1. The second-order valence-corrected chi connectivity index (χ2v) is 9.12. The zero-order chi connectivity index (χ0) is 24.9. The van der Waals surface area contributed by atoms with E-state index in [9.17, 15) is 27.6 Å². The van der Waals surface area contributed by atoms with E-state index in [-0.39, 0.29) is 22.0 Å². The average Bonchev–Trinajstić information content (AvgIpc) is 3.56. The summed E-state index contributed by atoms with van der Waals surface area (Å²) in [4.78, 5) is 44.5. The van der Waals surface area contributed by atoms with Gasteiger partial charge in [-0.25, -0.2) is 4.98 Å². The number of nitrogens with one attached hydrogen (secondary N) is 1. The summed E-state index contributed by atoms with van der Waals surface area (Å²) >= 11 is 6.37. The molecule has 1 aromatic carbocycles. The molecule has 1 N–H and O–H groups in total. The van der Waals surface area contributed by atoms with E-state index in [4.69, 9.17) is 11.6 Å². The highest BCUT2D eigenvalue weighted by atomic mass is 35.5. The fraction of sp³-hybridized carbons (Fsp3) is 0.333. The minimum absolute atomic E-state index is 0.0166. The molecule has 182 valence electrons. The van der Waals surface area contributed by atoms with Crippen LogP contribution < -0.4 is 15.6 Å².